The number of hydrogen-bond donors (Lipinski definition) is 0. The third-order valence-electron chi connectivity index (χ3n) is 2.95. The zero-order valence-electron chi connectivity index (χ0n) is 13.9. The molecule has 17 heavy (non-hydrogen) atoms. The van der Waals surface area contributed by atoms with Gasteiger partial charge < -0.3 is 0 Å². The Hall–Kier alpha value is 0. The van der Waals surface area contributed by atoms with E-state index < -0.39 is 0 Å². The van der Waals surface area contributed by atoms with Gasteiger partial charge in [-0.15, -0.1) is 0 Å². The molecule has 0 spiro atoms. The second-order valence-electron chi connectivity index (χ2n) is 4.72. The lowest BCUT2D eigenvalue weighted by atomic mass is 10.0. The molecule has 0 fully saturated rings. The maximum absolute atomic E-state index is 2.33. The lowest BCUT2D eigenvalue weighted by Crippen LogP contribution is -1.89. The van der Waals surface area contributed by atoms with E-state index in [1.165, 1.54) is 57.8 Å². The minimum Gasteiger partial charge on any atom is -0.0683 e. The molecule has 0 aliphatic carbocycles. The SMILES string of the molecule is CC.CCCCC(C)CC.CCCCCCC. The van der Waals surface area contributed by atoms with Gasteiger partial charge in [-0.1, -0.05) is 106 Å². The Morgan fingerprint density at radius 3 is 1.35 bits per heavy atom. The van der Waals surface area contributed by atoms with Crippen molar-refractivity contribution >= 4 is 0 Å². The van der Waals surface area contributed by atoms with Crippen LogP contribution in [-0.4, -0.2) is 0 Å². The summed E-state index contributed by atoms with van der Waals surface area (Å²) in [6, 6.07) is 0. The van der Waals surface area contributed by atoms with Crippen LogP contribution in [0.5, 0.6) is 0 Å². The molecule has 1 atom stereocenters. The molecule has 0 aromatic heterocycles. The molecular weight excluding hydrogens is 204 g/mol. The van der Waals surface area contributed by atoms with Gasteiger partial charge in [0.25, 0.3) is 0 Å². The van der Waals surface area contributed by atoms with E-state index in [4.69, 9.17) is 0 Å². The summed E-state index contributed by atoms with van der Waals surface area (Å²) in [5, 5.41) is 0. The van der Waals surface area contributed by atoms with Crippen LogP contribution in [0.1, 0.15) is 106 Å². The van der Waals surface area contributed by atoms with Gasteiger partial charge in [0.2, 0.25) is 0 Å². The first-order valence-corrected chi connectivity index (χ1v) is 8.22. The van der Waals surface area contributed by atoms with Crippen LogP contribution in [0, 0.1) is 5.92 Å². The van der Waals surface area contributed by atoms with E-state index in [1.807, 2.05) is 13.8 Å². The van der Waals surface area contributed by atoms with E-state index in [0.717, 1.165) is 5.92 Å². The number of unbranched alkanes of at least 4 members (excludes halogenated alkanes) is 5. The Kier molecular flexibility index (Phi) is 32.7. The molecule has 0 heterocycles. The molecule has 0 aliphatic rings. The summed E-state index contributed by atoms with van der Waals surface area (Å²) in [4.78, 5) is 0. The molecule has 0 amide bonds. The van der Waals surface area contributed by atoms with Crippen molar-refractivity contribution in [1.82, 2.24) is 0 Å². The molecule has 0 N–H and O–H groups in total. The van der Waals surface area contributed by atoms with Crippen LogP contribution >= 0.6 is 0 Å². The molecular formula is C17H40. The Labute approximate surface area is 113 Å². The molecule has 108 valence electrons. The maximum Gasteiger partial charge on any atom is -0.0445 e. The summed E-state index contributed by atoms with van der Waals surface area (Å²) in [6.45, 7) is 15.3. The first kappa shape index (κ1) is 22.2. The summed E-state index contributed by atoms with van der Waals surface area (Å²) >= 11 is 0. The summed E-state index contributed by atoms with van der Waals surface area (Å²) in [6.07, 6.45) is 12.5. The molecule has 0 radical (unpaired) electrons. The van der Waals surface area contributed by atoms with Gasteiger partial charge in [-0.2, -0.15) is 0 Å². The van der Waals surface area contributed by atoms with Crippen molar-refractivity contribution in [1.29, 1.82) is 0 Å². The molecule has 0 aromatic carbocycles. The average Bonchev–Trinajstić information content (AvgIpc) is 2.39. The fourth-order valence-corrected chi connectivity index (χ4v) is 1.43. The predicted octanol–water partition coefficient (Wildman–Crippen LogP) is 7.23. The lowest BCUT2D eigenvalue weighted by Gasteiger charge is -2.04. The smallest absolute Gasteiger partial charge is 0.0445 e. The largest absolute Gasteiger partial charge is 0.0683 e. The Bertz CT molecular complexity index is 82.0. The molecule has 0 saturated heterocycles. The van der Waals surface area contributed by atoms with Gasteiger partial charge in [0.05, 0.1) is 0 Å². The first-order chi connectivity index (χ1) is 8.22. The lowest BCUT2D eigenvalue weighted by molar-refractivity contribution is 0.492. The molecule has 1 unspecified atom stereocenters. The summed E-state index contributed by atoms with van der Waals surface area (Å²) in [7, 11) is 0. The highest BCUT2D eigenvalue weighted by Gasteiger charge is 1.94. The quantitative estimate of drug-likeness (QED) is 0.395. The molecule has 0 aliphatic heterocycles. The van der Waals surface area contributed by atoms with Gasteiger partial charge in [-0.05, 0) is 5.92 Å². The van der Waals surface area contributed by atoms with E-state index >= 15 is 0 Å². The summed E-state index contributed by atoms with van der Waals surface area (Å²) in [5.74, 6) is 0.954. The second-order valence-corrected chi connectivity index (χ2v) is 4.72. The molecule has 0 rings (SSSR count). The van der Waals surface area contributed by atoms with Crippen molar-refractivity contribution in [3.8, 4) is 0 Å². The van der Waals surface area contributed by atoms with Crippen molar-refractivity contribution in [3.63, 3.8) is 0 Å². The highest BCUT2D eigenvalue weighted by atomic mass is 14.0. The van der Waals surface area contributed by atoms with Gasteiger partial charge in [-0.25, -0.2) is 0 Å². The van der Waals surface area contributed by atoms with E-state index in [9.17, 15) is 0 Å². The van der Waals surface area contributed by atoms with Crippen LogP contribution in [0.2, 0.25) is 0 Å². The topological polar surface area (TPSA) is 0 Å². The van der Waals surface area contributed by atoms with Crippen molar-refractivity contribution < 1.29 is 0 Å². The third kappa shape index (κ3) is 31.4. The molecule has 0 aromatic rings. The van der Waals surface area contributed by atoms with Gasteiger partial charge in [0.1, 0.15) is 0 Å². The van der Waals surface area contributed by atoms with Gasteiger partial charge in [0.15, 0.2) is 0 Å². The second kappa shape index (κ2) is 25.0. The van der Waals surface area contributed by atoms with Crippen LogP contribution in [-0.2, 0) is 0 Å². The molecule has 0 nitrogen and oxygen atoms in total. The van der Waals surface area contributed by atoms with Crippen molar-refractivity contribution in [2.75, 3.05) is 0 Å². The molecule has 0 bridgehead atoms. The number of rotatable bonds is 8. The van der Waals surface area contributed by atoms with Crippen molar-refractivity contribution in [3.05, 3.63) is 0 Å². The zero-order chi connectivity index (χ0) is 13.9. The number of hydrogen-bond acceptors (Lipinski definition) is 0. The predicted molar refractivity (Wildman–Crippen MR) is 84.8 cm³/mol. The highest BCUT2D eigenvalue weighted by molar-refractivity contribution is 4.47. The van der Waals surface area contributed by atoms with Gasteiger partial charge in [0, 0.05) is 0 Å². The van der Waals surface area contributed by atoms with E-state index in [1.54, 1.807) is 0 Å². The van der Waals surface area contributed by atoms with Gasteiger partial charge >= 0.3 is 0 Å². The highest BCUT2D eigenvalue weighted by Crippen LogP contribution is 2.09. The minimum atomic E-state index is 0.954. The normalized spacial score (nSPS) is 10.8. The molecule has 0 heteroatoms. The van der Waals surface area contributed by atoms with Crippen molar-refractivity contribution in [2.45, 2.75) is 106 Å². The van der Waals surface area contributed by atoms with E-state index in [-0.39, 0.29) is 0 Å². The maximum atomic E-state index is 2.33. The fraction of sp³-hybridized carbons (Fsp3) is 1.00. The van der Waals surface area contributed by atoms with Crippen molar-refractivity contribution in [2.24, 2.45) is 5.92 Å². The van der Waals surface area contributed by atoms with Crippen LogP contribution in [0.3, 0.4) is 0 Å². The Morgan fingerprint density at radius 1 is 0.647 bits per heavy atom. The fourth-order valence-electron chi connectivity index (χ4n) is 1.43. The van der Waals surface area contributed by atoms with E-state index in [0.29, 0.717) is 0 Å². The monoisotopic (exact) mass is 244 g/mol. The molecule has 0 saturated carbocycles. The van der Waals surface area contributed by atoms with Crippen LogP contribution in [0.4, 0.5) is 0 Å². The Morgan fingerprint density at radius 2 is 1.06 bits per heavy atom. The van der Waals surface area contributed by atoms with E-state index in [2.05, 4.69) is 34.6 Å². The minimum absolute atomic E-state index is 0.954. The van der Waals surface area contributed by atoms with Gasteiger partial charge in [-0.3, -0.25) is 0 Å². The van der Waals surface area contributed by atoms with Crippen LogP contribution in [0.15, 0.2) is 0 Å². The van der Waals surface area contributed by atoms with Crippen LogP contribution < -0.4 is 0 Å². The zero-order valence-corrected chi connectivity index (χ0v) is 13.9. The average molecular weight is 245 g/mol. The van der Waals surface area contributed by atoms with Crippen LogP contribution in [0.25, 0.3) is 0 Å². The third-order valence-corrected chi connectivity index (χ3v) is 2.95. The standard InChI is InChI=1S/C8H18.C7H16.C2H6/c1-4-6-7-8(3)5-2;1-3-5-7-6-4-2;1-2/h8H,4-7H2,1-3H3;3-7H2,1-2H3;1-2H3. The first-order valence-electron chi connectivity index (χ1n) is 8.22. The Balaban J connectivity index is -0.000000202. The summed E-state index contributed by atoms with van der Waals surface area (Å²) < 4.78 is 0. The summed E-state index contributed by atoms with van der Waals surface area (Å²) in [5.41, 5.74) is 0.